The van der Waals surface area contributed by atoms with Crippen molar-refractivity contribution >= 4 is 12.0 Å². The van der Waals surface area contributed by atoms with Crippen LogP contribution in [0.3, 0.4) is 0 Å². The minimum atomic E-state index is -0.982. The molecule has 0 bridgehead atoms. The van der Waals surface area contributed by atoms with Gasteiger partial charge >= 0.3 is 5.97 Å². The highest BCUT2D eigenvalue weighted by atomic mass is 16.5. The average molecular weight is 254 g/mol. The molecule has 19 heavy (non-hydrogen) atoms. The first kappa shape index (κ1) is 12.9. The van der Waals surface area contributed by atoms with Crippen molar-refractivity contribution in [1.82, 2.24) is 0 Å². The quantitative estimate of drug-likeness (QED) is 0.888. The molecule has 0 aromatic heterocycles. The van der Waals surface area contributed by atoms with E-state index in [2.05, 4.69) is 6.58 Å². The summed E-state index contributed by atoms with van der Waals surface area (Å²) in [5.74, 6) is -0.432. The molecule has 3 nitrogen and oxygen atoms in total. The zero-order valence-corrected chi connectivity index (χ0v) is 10.4. The lowest BCUT2D eigenvalue weighted by atomic mass is 10.0. The molecule has 2 aromatic carbocycles. The normalized spacial score (nSPS) is 9.89. The lowest BCUT2D eigenvalue weighted by Crippen LogP contribution is -2.09. The Hall–Kier alpha value is -2.55. The predicted octanol–water partition coefficient (Wildman–Crippen LogP) is 3.46. The first-order chi connectivity index (χ1) is 9.19. The number of rotatable bonds is 5. The Bertz CT molecular complexity index is 568. The Morgan fingerprint density at radius 2 is 1.58 bits per heavy atom. The molecule has 3 heteroatoms. The molecule has 0 unspecified atom stereocenters. The summed E-state index contributed by atoms with van der Waals surface area (Å²) in [6.45, 7) is 3.39. The van der Waals surface area contributed by atoms with Crippen LogP contribution >= 0.6 is 0 Å². The third-order valence-corrected chi connectivity index (χ3v) is 2.70. The third kappa shape index (κ3) is 3.45. The van der Waals surface area contributed by atoms with Crippen LogP contribution in [0.5, 0.6) is 5.75 Å². The smallest absolute Gasteiger partial charge is 0.341 e. The van der Waals surface area contributed by atoms with Gasteiger partial charge in [-0.05, 0) is 28.8 Å². The minimum absolute atomic E-state index is 0.326. The summed E-state index contributed by atoms with van der Waals surface area (Å²) in [5.41, 5.74) is 3.22. The van der Waals surface area contributed by atoms with Crippen molar-refractivity contribution in [3.63, 3.8) is 0 Å². The van der Waals surface area contributed by atoms with Gasteiger partial charge in [-0.2, -0.15) is 0 Å². The van der Waals surface area contributed by atoms with Gasteiger partial charge in [0.25, 0.3) is 0 Å². The molecule has 2 aromatic rings. The Labute approximate surface area is 111 Å². The largest absolute Gasteiger partial charge is 0.482 e. The van der Waals surface area contributed by atoms with Crippen LogP contribution in [-0.4, -0.2) is 17.7 Å². The Morgan fingerprint density at radius 1 is 1.05 bits per heavy atom. The zero-order valence-electron chi connectivity index (χ0n) is 10.4. The van der Waals surface area contributed by atoms with E-state index < -0.39 is 5.97 Å². The van der Waals surface area contributed by atoms with Crippen molar-refractivity contribution in [2.45, 2.75) is 0 Å². The maximum Gasteiger partial charge on any atom is 0.341 e. The number of carbonyl (C=O) groups is 1. The Morgan fingerprint density at radius 3 is 2.05 bits per heavy atom. The van der Waals surface area contributed by atoms with Gasteiger partial charge in [0.15, 0.2) is 6.61 Å². The highest BCUT2D eigenvalue weighted by Gasteiger charge is 2.01. The molecule has 96 valence electrons. The molecular weight excluding hydrogens is 240 g/mol. The van der Waals surface area contributed by atoms with Crippen molar-refractivity contribution in [2.24, 2.45) is 0 Å². The average Bonchev–Trinajstić information content (AvgIpc) is 2.46. The number of ether oxygens (including phenoxy) is 1. The van der Waals surface area contributed by atoms with E-state index in [1.165, 1.54) is 0 Å². The van der Waals surface area contributed by atoms with Crippen LogP contribution in [0.25, 0.3) is 17.2 Å². The fraction of sp³-hybridized carbons (Fsp3) is 0.0625. The predicted molar refractivity (Wildman–Crippen MR) is 75.1 cm³/mol. The van der Waals surface area contributed by atoms with Crippen molar-refractivity contribution in [3.8, 4) is 16.9 Å². The van der Waals surface area contributed by atoms with Gasteiger partial charge in [-0.3, -0.25) is 0 Å². The van der Waals surface area contributed by atoms with E-state index in [0.29, 0.717) is 5.75 Å². The molecule has 1 N–H and O–H groups in total. The number of aliphatic carboxylic acids is 1. The molecule has 0 heterocycles. The van der Waals surface area contributed by atoms with Gasteiger partial charge in [0.2, 0.25) is 0 Å². The molecule has 0 aliphatic heterocycles. The first-order valence-corrected chi connectivity index (χ1v) is 5.86. The van der Waals surface area contributed by atoms with Crippen molar-refractivity contribution in [1.29, 1.82) is 0 Å². The van der Waals surface area contributed by atoms with Gasteiger partial charge in [0.1, 0.15) is 5.75 Å². The summed E-state index contributed by atoms with van der Waals surface area (Å²) in [5, 5.41) is 8.52. The van der Waals surface area contributed by atoms with E-state index in [1.54, 1.807) is 18.2 Å². The van der Waals surface area contributed by atoms with Crippen LogP contribution < -0.4 is 4.74 Å². The van der Waals surface area contributed by atoms with E-state index in [0.717, 1.165) is 16.7 Å². The maximum atomic E-state index is 10.4. The molecule has 0 saturated carbocycles. The SMILES string of the molecule is C=Cc1ccc(-c2ccc(OCC(=O)O)cc2)cc1. The standard InChI is InChI=1S/C16H14O3/c1-2-12-3-5-13(6-4-12)14-7-9-15(10-8-14)19-11-16(17)18/h2-10H,1,11H2,(H,17,18). The summed E-state index contributed by atoms with van der Waals surface area (Å²) in [4.78, 5) is 10.4. The van der Waals surface area contributed by atoms with E-state index in [-0.39, 0.29) is 6.61 Å². The summed E-state index contributed by atoms with van der Waals surface area (Å²) >= 11 is 0. The maximum absolute atomic E-state index is 10.4. The first-order valence-electron chi connectivity index (χ1n) is 5.86. The highest BCUT2D eigenvalue weighted by Crippen LogP contribution is 2.23. The molecule has 0 spiro atoms. The number of carboxylic acid groups (broad SMARTS) is 1. The molecule has 0 atom stereocenters. The van der Waals surface area contributed by atoms with E-state index in [4.69, 9.17) is 9.84 Å². The van der Waals surface area contributed by atoms with Crippen LogP contribution in [-0.2, 0) is 4.79 Å². The van der Waals surface area contributed by atoms with Crippen LogP contribution in [0.15, 0.2) is 55.1 Å². The van der Waals surface area contributed by atoms with Gasteiger partial charge in [-0.15, -0.1) is 0 Å². The van der Waals surface area contributed by atoms with Crippen molar-refractivity contribution in [2.75, 3.05) is 6.61 Å². The second-order valence-electron chi connectivity index (χ2n) is 4.03. The van der Waals surface area contributed by atoms with Crippen molar-refractivity contribution < 1.29 is 14.6 Å². The monoisotopic (exact) mass is 254 g/mol. The number of carboxylic acids is 1. The van der Waals surface area contributed by atoms with Crippen molar-refractivity contribution in [3.05, 3.63) is 60.7 Å². The number of hydrogen-bond acceptors (Lipinski definition) is 2. The van der Waals surface area contributed by atoms with Crippen LogP contribution in [0, 0.1) is 0 Å². The number of hydrogen-bond donors (Lipinski definition) is 1. The fourth-order valence-electron chi connectivity index (χ4n) is 1.70. The Kier molecular flexibility index (Phi) is 3.98. The fourth-order valence-corrected chi connectivity index (χ4v) is 1.70. The van der Waals surface area contributed by atoms with Gasteiger partial charge in [-0.25, -0.2) is 4.79 Å². The molecule has 0 radical (unpaired) electrons. The minimum Gasteiger partial charge on any atom is -0.482 e. The van der Waals surface area contributed by atoms with Crippen LogP contribution in [0.2, 0.25) is 0 Å². The lowest BCUT2D eigenvalue weighted by Gasteiger charge is -2.05. The highest BCUT2D eigenvalue weighted by molar-refractivity contribution is 5.69. The van der Waals surface area contributed by atoms with Crippen LogP contribution in [0.4, 0.5) is 0 Å². The molecule has 0 saturated heterocycles. The lowest BCUT2D eigenvalue weighted by molar-refractivity contribution is -0.139. The third-order valence-electron chi connectivity index (χ3n) is 2.70. The molecule has 0 aliphatic rings. The summed E-state index contributed by atoms with van der Waals surface area (Å²) in [6, 6.07) is 15.4. The van der Waals surface area contributed by atoms with Gasteiger partial charge < -0.3 is 9.84 Å². The van der Waals surface area contributed by atoms with E-state index in [1.807, 2.05) is 36.4 Å². The van der Waals surface area contributed by atoms with Gasteiger partial charge in [0, 0.05) is 0 Å². The summed E-state index contributed by atoms with van der Waals surface area (Å²) in [7, 11) is 0. The van der Waals surface area contributed by atoms with Crippen LogP contribution in [0.1, 0.15) is 5.56 Å². The Balaban J connectivity index is 2.12. The molecule has 0 amide bonds. The molecule has 0 fully saturated rings. The second-order valence-corrected chi connectivity index (χ2v) is 4.03. The second kappa shape index (κ2) is 5.87. The van der Waals surface area contributed by atoms with E-state index >= 15 is 0 Å². The summed E-state index contributed by atoms with van der Waals surface area (Å²) in [6.07, 6.45) is 1.80. The molecule has 0 aliphatic carbocycles. The number of benzene rings is 2. The van der Waals surface area contributed by atoms with Gasteiger partial charge in [0.05, 0.1) is 0 Å². The molecule has 2 rings (SSSR count). The topological polar surface area (TPSA) is 46.5 Å². The van der Waals surface area contributed by atoms with E-state index in [9.17, 15) is 4.79 Å². The molecular formula is C16H14O3. The summed E-state index contributed by atoms with van der Waals surface area (Å²) < 4.78 is 5.08. The van der Waals surface area contributed by atoms with Gasteiger partial charge in [-0.1, -0.05) is 49.1 Å². The zero-order chi connectivity index (χ0) is 13.7.